The van der Waals surface area contributed by atoms with Crippen LogP contribution in [0.2, 0.25) is 0 Å². The number of nitrogens with one attached hydrogen (secondary N) is 1. The molecule has 1 aromatic heterocycles. The summed E-state index contributed by atoms with van der Waals surface area (Å²) >= 11 is 0. The fraction of sp³-hybridized carbons (Fsp3) is 0.400. The number of nitrogens with zero attached hydrogens (tertiary/aromatic N) is 1. The molecule has 1 atom stereocenters. The van der Waals surface area contributed by atoms with Crippen LogP contribution in [0.3, 0.4) is 0 Å². The van der Waals surface area contributed by atoms with Gasteiger partial charge >= 0.3 is 0 Å². The van der Waals surface area contributed by atoms with Gasteiger partial charge in [0.05, 0.1) is 0 Å². The maximum absolute atomic E-state index is 11.9. The van der Waals surface area contributed by atoms with Crippen molar-refractivity contribution in [3.05, 3.63) is 59.8 Å². The van der Waals surface area contributed by atoms with E-state index in [1.165, 1.54) is 0 Å². The van der Waals surface area contributed by atoms with Crippen molar-refractivity contribution >= 4 is 5.91 Å². The van der Waals surface area contributed by atoms with Crippen molar-refractivity contribution in [1.29, 1.82) is 0 Å². The molecular weight excluding hydrogens is 300 g/mol. The van der Waals surface area contributed by atoms with Crippen LogP contribution in [0.5, 0.6) is 5.88 Å². The first-order valence-corrected chi connectivity index (χ1v) is 8.55. The zero-order valence-corrected chi connectivity index (χ0v) is 14.5. The lowest BCUT2D eigenvalue weighted by Crippen LogP contribution is -2.24. The van der Waals surface area contributed by atoms with E-state index in [0.717, 1.165) is 24.0 Å². The second-order valence-corrected chi connectivity index (χ2v) is 6.15. The normalized spacial score (nSPS) is 11.8. The minimum Gasteiger partial charge on any atom is -0.473 e. The number of aromatic nitrogens is 1. The molecule has 1 N–H and O–H groups in total. The molecular formula is C20H26N2O2. The Kier molecular flexibility index (Phi) is 7.27. The van der Waals surface area contributed by atoms with Gasteiger partial charge in [0, 0.05) is 25.2 Å². The first-order chi connectivity index (χ1) is 11.7. The molecule has 1 aromatic carbocycles. The number of pyridine rings is 1. The molecule has 0 spiro atoms. The number of benzene rings is 1. The molecule has 1 amide bonds. The van der Waals surface area contributed by atoms with Crippen molar-refractivity contribution in [3.8, 4) is 5.88 Å². The number of carbonyl (C=O) groups excluding carboxylic acids is 1. The Bertz CT molecular complexity index is 629. The average molecular weight is 326 g/mol. The quantitative estimate of drug-likeness (QED) is 0.754. The summed E-state index contributed by atoms with van der Waals surface area (Å²) in [6.07, 6.45) is 4.48. The van der Waals surface area contributed by atoms with Crippen molar-refractivity contribution in [2.24, 2.45) is 5.92 Å². The highest BCUT2D eigenvalue weighted by Crippen LogP contribution is 2.13. The molecule has 1 heterocycles. The van der Waals surface area contributed by atoms with E-state index >= 15 is 0 Å². The van der Waals surface area contributed by atoms with Gasteiger partial charge in [-0.15, -0.1) is 0 Å². The fourth-order valence-electron chi connectivity index (χ4n) is 2.56. The summed E-state index contributed by atoms with van der Waals surface area (Å²) in [4.78, 5) is 16.2. The van der Waals surface area contributed by atoms with Gasteiger partial charge in [-0.1, -0.05) is 57.0 Å². The average Bonchev–Trinajstić information content (AvgIpc) is 2.60. The zero-order valence-electron chi connectivity index (χ0n) is 14.5. The predicted molar refractivity (Wildman–Crippen MR) is 95.5 cm³/mol. The Morgan fingerprint density at radius 2 is 2.00 bits per heavy atom. The summed E-state index contributed by atoms with van der Waals surface area (Å²) in [5, 5.41) is 2.97. The minimum atomic E-state index is 0.0968. The third-order valence-corrected chi connectivity index (χ3v) is 3.83. The molecule has 128 valence electrons. The van der Waals surface area contributed by atoms with Crippen molar-refractivity contribution in [2.75, 3.05) is 0 Å². The lowest BCUT2D eigenvalue weighted by Gasteiger charge is -2.11. The molecule has 0 aliphatic heterocycles. The first-order valence-electron chi connectivity index (χ1n) is 8.55. The summed E-state index contributed by atoms with van der Waals surface area (Å²) < 4.78 is 5.71. The monoisotopic (exact) mass is 326 g/mol. The van der Waals surface area contributed by atoms with E-state index in [4.69, 9.17) is 4.74 Å². The number of amides is 1. The number of ether oxygens (including phenoxy) is 1. The summed E-state index contributed by atoms with van der Waals surface area (Å²) in [7, 11) is 0. The van der Waals surface area contributed by atoms with Crippen LogP contribution in [-0.4, -0.2) is 10.9 Å². The van der Waals surface area contributed by atoms with Crippen molar-refractivity contribution in [1.82, 2.24) is 10.3 Å². The van der Waals surface area contributed by atoms with Crippen LogP contribution in [0.25, 0.3) is 0 Å². The summed E-state index contributed by atoms with van der Waals surface area (Å²) in [5.41, 5.74) is 2.09. The highest BCUT2D eigenvalue weighted by molar-refractivity contribution is 5.76. The number of hydrogen-bond donors (Lipinski definition) is 1. The van der Waals surface area contributed by atoms with Gasteiger partial charge in [-0.3, -0.25) is 4.79 Å². The van der Waals surface area contributed by atoms with Crippen LogP contribution in [0.4, 0.5) is 0 Å². The van der Waals surface area contributed by atoms with Crippen LogP contribution >= 0.6 is 0 Å². The molecule has 2 aromatic rings. The molecule has 0 fully saturated rings. The SMILES string of the molecule is CCCC(C)CC(=O)NCc1ccnc(OCc2ccccc2)c1. The molecule has 0 aliphatic rings. The van der Waals surface area contributed by atoms with Crippen LogP contribution < -0.4 is 10.1 Å². The predicted octanol–water partition coefficient (Wildman–Crippen LogP) is 4.10. The highest BCUT2D eigenvalue weighted by atomic mass is 16.5. The smallest absolute Gasteiger partial charge is 0.220 e. The number of carbonyl (C=O) groups is 1. The van der Waals surface area contributed by atoms with Gasteiger partial charge in [0.25, 0.3) is 0 Å². The van der Waals surface area contributed by atoms with Crippen molar-refractivity contribution in [2.45, 2.75) is 46.3 Å². The number of hydrogen-bond acceptors (Lipinski definition) is 3. The molecule has 4 heteroatoms. The van der Waals surface area contributed by atoms with Gasteiger partial charge in [-0.25, -0.2) is 4.98 Å². The Hall–Kier alpha value is -2.36. The first kappa shape index (κ1) is 18.0. The van der Waals surface area contributed by atoms with E-state index in [1.54, 1.807) is 6.20 Å². The summed E-state index contributed by atoms with van der Waals surface area (Å²) in [5.74, 6) is 1.10. The molecule has 1 unspecified atom stereocenters. The number of rotatable bonds is 9. The van der Waals surface area contributed by atoms with Gasteiger partial charge in [-0.05, 0) is 23.1 Å². The third-order valence-electron chi connectivity index (χ3n) is 3.83. The molecule has 0 saturated carbocycles. The van der Waals surface area contributed by atoms with E-state index in [0.29, 0.717) is 31.4 Å². The van der Waals surface area contributed by atoms with E-state index in [-0.39, 0.29) is 5.91 Å². The highest BCUT2D eigenvalue weighted by Gasteiger charge is 2.08. The summed E-state index contributed by atoms with van der Waals surface area (Å²) in [6.45, 7) is 5.24. The second-order valence-electron chi connectivity index (χ2n) is 6.15. The molecule has 0 saturated heterocycles. The molecule has 2 rings (SSSR count). The standard InChI is InChI=1S/C20H26N2O2/c1-3-7-16(2)12-19(23)22-14-18-10-11-21-20(13-18)24-15-17-8-5-4-6-9-17/h4-6,8-11,13,16H,3,7,12,14-15H2,1-2H3,(H,22,23). The van der Waals surface area contributed by atoms with Crippen molar-refractivity contribution < 1.29 is 9.53 Å². The van der Waals surface area contributed by atoms with Gasteiger partial charge < -0.3 is 10.1 Å². The lowest BCUT2D eigenvalue weighted by molar-refractivity contribution is -0.122. The minimum absolute atomic E-state index is 0.0968. The van der Waals surface area contributed by atoms with Crippen LogP contribution in [-0.2, 0) is 17.9 Å². The summed E-state index contributed by atoms with van der Waals surface area (Å²) in [6, 6.07) is 13.7. The van der Waals surface area contributed by atoms with Gasteiger partial charge in [0.1, 0.15) is 6.61 Å². The Morgan fingerprint density at radius 3 is 2.75 bits per heavy atom. The van der Waals surface area contributed by atoms with Crippen molar-refractivity contribution in [3.63, 3.8) is 0 Å². The van der Waals surface area contributed by atoms with E-state index in [9.17, 15) is 4.79 Å². The van der Waals surface area contributed by atoms with Crippen LogP contribution in [0.1, 0.15) is 44.2 Å². The zero-order chi connectivity index (χ0) is 17.2. The fourth-order valence-corrected chi connectivity index (χ4v) is 2.56. The van der Waals surface area contributed by atoms with E-state index in [1.807, 2.05) is 42.5 Å². The van der Waals surface area contributed by atoms with Gasteiger partial charge in [-0.2, -0.15) is 0 Å². The Morgan fingerprint density at radius 1 is 1.21 bits per heavy atom. The van der Waals surface area contributed by atoms with E-state index in [2.05, 4.69) is 24.1 Å². The largest absolute Gasteiger partial charge is 0.473 e. The lowest BCUT2D eigenvalue weighted by atomic mass is 10.0. The third kappa shape index (κ3) is 6.41. The topological polar surface area (TPSA) is 51.2 Å². The maximum Gasteiger partial charge on any atom is 0.220 e. The molecule has 0 bridgehead atoms. The second kappa shape index (κ2) is 9.71. The molecule has 0 aliphatic carbocycles. The van der Waals surface area contributed by atoms with Gasteiger partial charge in [0.15, 0.2) is 0 Å². The van der Waals surface area contributed by atoms with Gasteiger partial charge in [0.2, 0.25) is 11.8 Å². The Labute approximate surface area is 144 Å². The molecule has 0 radical (unpaired) electrons. The molecule has 24 heavy (non-hydrogen) atoms. The Balaban J connectivity index is 1.81. The van der Waals surface area contributed by atoms with E-state index < -0.39 is 0 Å². The van der Waals surface area contributed by atoms with Crippen LogP contribution in [0.15, 0.2) is 48.7 Å². The van der Waals surface area contributed by atoms with Crippen LogP contribution in [0, 0.1) is 5.92 Å². The maximum atomic E-state index is 11.9. The molecule has 4 nitrogen and oxygen atoms in total.